The monoisotopic (exact) mass is 1890 g/mol. The molecule has 0 aromatic heterocycles. The molecule has 4 fully saturated rings. The van der Waals surface area contributed by atoms with E-state index in [4.69, 9.17) is 120 Å². The second-order valence-corrected chi connectivity index (χ2v) is 36.0. The number of aliphatic hydroxyl groups excluding tert-OH is 1. The zero-order chi connectivity index (χ0) is 94.9. The summed E-state index contributed by atoms with van der Waals surface area (Å²) >= 11 is 24.7. The molecule has 34 nitrogen and oxygen atoms in total. The molecule has 8 aliphatic rings. The Morgan fingerprint density at radius 3 is 1.26 bits per heavy atom. The van der Waals surface area contributed by atoms with Crippen molar-refractivity contribution in [3.63, 3.8) is 0 Å². The summed E-state index contributed by atoms with van der Waals surface area (Å²) in [5.74, 6) is -3.84. The van der Waals surface area contributed by atoms with Crippen LogP contribution in [-0.2, 0) is 104 Å². The fourth-order valence-electron chi connectivity index (χ4n) is 12.9. The van der Waals surface area contributed by atoms with Crippen LogP contribution in [0.25, 0.3) is 0 Å². The summed E-state index contributed by atoms with van der Waals surface area (Å²) in [6.07, 6.45) is -1.56. The van der Waals surface area contributed by atoms with Crippen molar-refractivity contribution in [3.05, 3.63) is 98.7 Å². The number of phosphoric acid groups is 1. The first-order chi connectivity index (χ1) is 58.9. The van der Waals surface area contributed by atoms with Gasteiger partial charge >= 0.3 is 37.7 Å². The van der Waals surface area contributed by atoms with Gasteiger partial charge in [0.15, 0.2) is 67.9 Å². The van der Waals surface area contributed by atoms with E-state index in [1.54, 1.807) is 83.1 Å². The molecule has 0 aliphatic carbocycles. The van der Waals surface area contributed by atoms with E-state index in [2.05, 4.69) is 46.6 Å². The Bertz CT molecular complexity index is 4140. The quantitative estimate of drug-likeness (QED) is 0.00953. The molecule has 16 atom stereocenters. The van der Waals surface area contributed by atoms with E-state index in [1.165, 1.54) is 57.7 Å². The number of halogens is 8. The van der Waals surface area contributed by atoms with Crippen molar-refractivity contribution >= 4 is 125 Å². The number of aliphatic imine (C=N–C) groups is 3. The highest BCUT2D eigenvalue weighted by molar-refractivity contribution is 7.48. The maximum absolute atomic E-state index is 15.7. The number of alkyl halides is 8. The summed E-state index contributed by atoms with van der Waals surface area (Å²) in [6.45, 7) is 36.1. The van der Waals surface area contributed by atoms with E-state index >= 15 is 17.6 Å². The number of hydrogen-bond acceptors (Lipinski definition) is 33. The number of hydrogen-bond donors (Lipinski definition) is 5. The van der Waals surface area contributed by atoms with Gasteiger partial charge < -0.3 is 89.9 Å². The Labute approximate surface area is 752 Å². The zero-order valence-electron chi connectivity index (χ0n) is 73.6. The van der Waals surface area contributed by atoms with Gasteiger partial charge in [-0.3, -0.25) is 47.7 Å². The van der Waals surface area contributed by atoms with Crippen LogP contribution in [0.15, 0.2) is 114 Å². The molecular formula is C83H122Cl4F4N11O23P. The molecule has 0 unspecified atom stereocenters. The van der Waals surface area contributed by atoms with Gasteiger partial charge in [0.1, 0.15) is 86.6 Å². The number of phosphoric ester groups is 1. The van der Waals surface area contributed by atoms with E-state index in [9.17, 15) is 52.8 Å². The van der Waals surface area contributed by atoms with Gasteiger partial charge in [-0.1, -0.05) is 94.5 Å². The molecule has 8 N–H and O–H groups in total. The second kappa shape index (κ2) is 48.2. The highest BCUT2D eigenvalue weighted by atomic mass is 35.5. The number of rotatable bonds is 39. The summed E-state index contributed by atoms with van der Waals surface area (Å²) in [5.41, 5.74) is 9.13. The Morgan fingerprint density at radius 2 is 0.897 bits per heavy atom. The number of Topliss-reactive ketones (excluding diaryl/α,β-unsaturated/α-hetero) is 3. The van der Waals surface area contributed by atoms with Crippen molar-refractivity contribution in [1.82, 2.24) is 24.9 Å². The van der Waals surface area contributed by atoms with Gasteiger partial charge in [-0.05, 0) is 91.9 Å². The Kier molecular flexibility index (Phi) is 41.5. The van der Waals surface area contributed by atoms with Crippen LogP contribution in [0.3, 0.4) is 0 Å². The largest absolute Gasteiger partial charge is 0.480 e. The number of esters is 5. The molecular weight excluding hydrogens is 1770 g/mol. The Morgan fingerprint density at radius 1 is 0.524 bits per heavy atom. The highest BCUT2D eigenvalue weighted by Crippen LogP contribution is 2.53. The first-order valence-corrected chi connectivity index (χ1v) is 44.7. The van der Waals surface area contributed by atoms with E-state index in [0.717, 1.165) is 30.2 Å². The van der Waals surface area contributed by atoms with Crippen LogP contribution in [-0.4, -0.2) is 235 Å². The third kappa shape index (κ3) is 28.8. The Hall–Kier alpha value is -7.85. The van der Waals surface area contributed by atoms with Crippen molar-refractivity contribution in [2.75, 3.05) is 43.7 Å². The fraction of sp³-hybridized carbons (Fsp3) is 0.663. The lowest BCUT2D eigenvalue weighted by Gasteiger charge is -2.34. The van der Waals surface area contributed by atoms with Crippen LogP contribution >= 0.6 is 54.2 Å². The Balaban J connectivity index is 0.000000301. The van der Waals surface area contributed by atoms with Gasteiger partial charge in [-0.2, -0.15) is 0 Å². The summed E-state index contributed by atoms with van der Waals surface area (Å²) in [4.78, 5) is 126. The predicted molar refractivity (Wildman–Crippen MR) is 461 cm³/mol. The minimum atomic E-state index is -4.69. The number of amides is 1. The normalized spacial score (nSPS) is 28.2. The summed E-state index contributed by atoms with van der Waals surface area (Å²) in [5, 5.41) is 13.1. The number of nitrogens with two attached hydrogens (primary N) is 3. The number of nitrogens with one attached hydrogen (secondary N) is 1. The minimum Gasteiger partial charge on any atom is -0.456 e. The average Bonchev–Trinajstić information content (AvgIpc) is 1.62. The molecule has 0 spiro atoms. The van der Waals surface area contributed by atoms with Gasteiger partial charge in [-0.25, -0.2) is 46.2 Å². The number of amidine groups is 3. The number of nitrogens with zero attached hydrogens (tertiary/aromatic N) is 7. The smallest absolute Gasteiger partial charge is 0.456 e. The minimum absolute atomic E-state index is 0.00876. The summed E-state index contributed by atoms with van der Waals surface area (Å²) < 4.78 is 141. The van der Waals surface area contributed by atoms with Crippen LogP contribution in [0.2, 0.25) is 0 Å². The van der Waals surface area contributed by atoms with Gasteiger partial charge in [0, 0.05) is 81.7 Å². The fourth-order valence-corrected chi connectivity index (χ4v) is 15.2. The molecule has 4 saturated heterocycles. The number of ketones is 3. The van der Waals surface area contributed by atoms with Crippen molar-refractivity contribution in [3.8, 4) is 0 Å². The summed E-state index contributed by atoms with van der Waals surface area (Å²) in [6, 6.07) is 0. The zero-order valence-corrected chi connectivity index (χ0v) is 77.6. The second-order valence-electron chi connectivity index (χ2n) is 33.3. The molecule has 0 saturated carbocycles. The highest BCUT2D eigenvalue weighted by Gasteiger charge is 2.63. The standard InChI is InChI=1S/C23H35ClFN2O11P.C22H33ClFN3O4.C20H29ClFN3O4.C18H25ClFN3O4/c1-14-26-15(28)8-9-27(14)18-16(25)17(29)23(10-24,38-18)11-35-39(32,36-12-33-19(30)21(2,3)4)37-13-34-20(31)22(5,6)7;1-4-6-8-16(28)10-12-22(14-23)20(30-18(29)9-7-5-2)19(24)21(31-22)27-13-11-17(25)26-15(27)3;1-11(2)14(26)6-8-20(10-21)17(28-19(27)12(3)4)16(22)18(29-20)25-9-7-15(23)24-13(25)5;1-4-12(24)6-8-18(10-19)16(26-14(25)5-2)15(20)17(27-18)23-9-7-13(21)22-11(23)3/h8-9,16-18,29H,1,10-13H2,2-7H3,(H,26,28);11,13,19-21H,3-10,12,14H2,1-2H3,(H2,25,26);7,9,11-12,16-18H,5-6,8,10H2,1-4H3,(H2,23,24);7,9,15-17H,3-6,8,10H2,1-2H3,(H2,21,22)/t16-,17+,18-,23-;19-,20+,21-,22+;16-,17+,18-,20+;15-,16+,17-,18+/m1111/s1. The number of carbonyl (C=O) groups excluding carboxylic acids is 9. The van der Waals surface area contributed by atoms with Crippen molar-refractivity contribution < 1.29 is 127 Å². The number of aliphatic hydroxyl groups is 1. The van der Waals surface area contributed by atoms with Gasteiger partial charge in [0.2, 0.25) is 13.6 Å². The molecule has 8 heterocycles. The molecule has 1 amide bonds. The van der Waals surface area contributed by atoms with E-state index in [1.807, 2.05) is 13.8 Å². The molecule has 708 valence electrons. The topological polar surface area (TPSA) is 442 Å². The van der Waals surface area contributed by atoms with Crippen molar-refractivity contribution in [2.45, 2.75) is 283 Å². The lowest BCUT2D eigenvalue weighted by atomic mass is 9.89. The molecule has 8 rings (SSSR count). The molecule has 126 heavy (non-hydrogen) atoms. The average molecular weight is 1890 g/mol. The van der Waals surface area contributed by atoms with E-state index in [0.29, 0.717) is 19.3 Å². The molecule has 0 bridgehead atoms. The van der Waals surface area contributed by atoms with E-state index in [-0.39, 0.29) is 133 Å². The lowest BCUT2D eigenvalue weighted by molar-refractivity contribution is -0.166. The van der Waals surface area contributed by atoms with Gasteiger partial charge in [-0.15, -0.1) is 46.4 Å². The van der Waals surface area contributed by atoms with Crippen LogP contribution in [0.5, 0.6) is 0 Å². The van der Waals surface area contributed by atoms with Crippen LogP contribution in [0.1, 0.15) is 187 Å². The molecule has 0 aromatic rings. The molecule has 8 aliphatic heterocycles. The van der Waals surface area contributed by atoms with E-state index < -0.39 is 183 Å². The van der Waals surface area contributed by atoms with Crippen LogP contribution < -0.4 is 22.5 Å². The van der Waals surface area contributed by atoms with Crippen LogP contribution in [0, 0.1) is 22.7 Å². The third-order valence-electron chi connectivity index (χ3n) is 20.7. The van der Waals surface area contributed by atoms with Crippen molar-refractivity contribution in [2.24, 2.45) is 54.8 Å². The maximum atomic E-state index is 15.7. The number of ether oxygens (including phenoxy) is 9. The first-order valence-electron chi connectivity index (χ1n) is 41.1. The van der Waals surface area contributed by atoms with Crippen molar-refractivity contribution in [1.29, 1.82) is 0 Å². The first kappa shape index (κ1) is 109. The third-order valence-corrected chi connectivity index (χ3v) is 23.8. The summed E-state index contributed by atoms with van der Waals surface area (Å²) in [7, 11) is -4.69. The lowest BCUT2D eigenvalue weighted by Crippen LogP contribution is -2.48. The molecule has 0 radical (unpaired) electrons. The SMILES string of the molecule is C=C1N=C(N)C=CN1[C@@H]1O[C@](CCl)(CCC(=O)C(C)C)[C@@H](OC(=O)C(C)C)[C@H]1F.C=C1N=C(N)C=CN1[C@@H]1O[C@](CCl)(CCC(=O)CC)[C@@H](OC(=O)CC)[C@H]1F.C=C1N=C(N)C=CN1[C@@H]1O[C@](CCl)(CCC(=O)CCCC)[C@@H](OC(=O)CCCC)[C@H]1F.C=C1NC(=O)C=CN1[C@@H]1O[C@](CCl)(COP(=O)(OCOC(=O)C(C)(C)C)OCOC(=O)C(C)(C)C)[C@@H](O)[C@H]1F. The van der Waals surface area contributed by atoms with Gasteiger partial charge in [0.25, 0.3) is 5.91 Å². The predicted octanol–water partition coefficient (Wildman–Crippen LogP) is 11.9. The molecule has 0 aromatic carbocycles. The number of carbonyl (C=O) groups is 9. The number of unbranched alkanes of at least 4 members (excludes halogenated alkanes) is 2. The van der Waals surface area contributed by atoms with Crippen LogP contribution in [0.4, 0.5) is 17.6 Å². The maximum Gasteiger partial charge on any atom is 0.480 e. The van der Waals surface area contributed by atoms with Gasteiger partial charge in [0.05, 0.1) is 46.9 Å². The molecule has 43 heteroatoms.